The molecule has 11 heteroatoms. The number of rotatable bonds is 3. The second-order valence-electron chi connectivity index (χ2n) is 2.79. The van der Waals surface area contributed by atoms with Gasteiger partial charge in [-0.25, -0.2) is 13.8 Å². The van der Waals surface area contributed by atoms with E-state index in [1.54, 1.807) is 0 Å². The normalized spacial score (nSPS) is 11.7. The summed E-state index contributed by atoms with van der Waals surface area (Å²) in [5.41, 5.74) is -2.51. The summed E-state index contributed by atoms with van der Waals surface area (Å²) < 4.78 is 63.2. The molecule has 5 nitrogen and oxygen atoms in total. The zero-order chi connectivity index (χ0) is 14.1. The highest BCUT2D eigenvalue weighted by Gasteiger charge is 2.35. The zero-order valence-corrected chi connectivity index (χ0v) is 9.63. The molecule has 0 saturated carbocycles. The number of ether oxygens (including phenoxy) is 1. The minimum atomic E-state index is -5.12. The van der Waals surface area contributed by atoms with Gasteiger partial charge in [0.1, 0.15) is 4.60 Å². The average molecular weight is 337 g/mol. The molecule has 1 rings (SSSR count). The summed E-state index contributed by atoms with van der Waals surface area (Å²) in [6.07, 6.45) is -8.42. The molecule has 0 aliphatic carbocycles. The Labute approximate surface area is 104 Å². The molecule has 0 aliphatic rings. The Morgan fingerprint density at radius 2 is 2.00 bits per heavy atom. The number of halogens is 6. The van der Waals surface area contributed by atoms with Gasteiger partial charge in [-0.2, -0.15) is 0 Å². The van der Waals surface area contributed by atoms with Gasteiger partial charge in [0.25, 0.3) is 12.1 Å². The molecular formula is C7H2BrF5N2O3. The van der Waals surface area contributed by atoms with Crippen LogP contribution in [0.25, 0.3) is 0 Å². The third-order valence-electron chi connectivity index (χ3n) is 1.58. The van der Waals surface area contributed by atoms with Crippen LogP contribution in [0.15, 0.2) is 10.7 Å². The molecule has 100 valence electrons. The number of nitrogens with zero attached hydrogens (tertiary/aromatic N) is 2. The average Bonchev–Trinajstić information content (AvgIpc) is 2.17. The van der Waals surface area contributed by atoms with Crippen LogP contribution in [0.5, 0.6) is 5.75 Å². The van der Waals surface area contributed by atoms with E-state index in [9.17, 15) is 32.1 Å². The molecule has 0 aromatic carbocycles. The predicted octanol–water partition coefficient (Wildman–Crippen LogP) is 3.59. The van der Waals surface area contributed by atoms with Crippen molar-refractivity contribution in [2.24, 2.45) is 0 Å². The van der Waals surface area contributed by atoms with E-state index in [0.717, 1.165) is 0 Å². The van der Waals surface area contributed by atoms with Gasteiger partial charge in [0.2, 0.25) is 0 Å². The van der Waals surface area contributed by atoms with Gasteiger partial charge in [-0.3, -0.25) is 10.1 Å². The maximum Gasteiger partial charge on any atom is 0.573 e. The summed E-state index contributed by atoms with van der Waals surface area (Å²) in [4.78, 5) is 12.1. The van der Waals surface area contributed by atoms with Gasteiger partial charge in [-0.1, -0.05) is 0 Å². The highest BCUT2D eigenvalue weighted by atomic mass is 79.9. The minimum Gasteiger partial charge on any atom is -0.403 e. The second kappa shape index (κ2) is 5.00. The lowest BCUT2D eigenvalue weighted by Crippen LogP contribution is -2.18. The van der Waals surface area contributed by atoms with Crippen LogP contribution in [0, 0.1) is 10.1 Å². The lowest BCUT2D eigenvalue weighted by molar-refractivity contribution is -0.386. The first-order valence-corrected chi connectivity index (χ1v) is 4.80. The molecule has 1 aromatic rings. The molecule has 0 saturated heterocycles. The van der Waals surface area contributed by atoms with Gasteiger partial charge in [-0.15, -0.1) is 13.2 Å². The van der Waals surface area contributed by atoms with E-state index in [0.29, 0.717) is 0 Å². The largest absolute Gasteiger partial charge is 0.573 e. The van der Waals surface area contributed by atoms with Crippen LogP contribution < -0.4 is 4.74 Å². The molecule has 0 aliphatic heterocycles. The van der Waals surface area contributed by atoms with Gasteiger partial charge >= 0.3 is 6.36 Å². The van der Waals surface area contributed by atoms with E-state index >= 15 is 0 Å². The third kappa shape index (κ3) is 3.48. The Morgan fingerprint density at radius 3 is 2.39 bits per heavy atom. The third-order valence-corrected chi connectivity index (χ3v) is 2.15. The first-order valence-electron chi connectivity index (χ1n) is 4.00. The lowest BCUT2D eigenvalue weighted by atomic mass is 10.3. The molecule has 0 radical (unpaired) electrons. The van der Waals surface area contributed by atoms with Gasteiger partial charge < -0.3 is 4.74 Å². The van der Waals surface area contributed by atoms with Crippen molar-refractivity contribution < 1.29 is 31.6 Å². The first-order chi connectivity index (χ1) is 8.11. The van der Waals surface area contributed by atoms with Crippen molar-refractivity contribution in [3.63, 3.8) is 0 Å². The minimum absolute atomic E-state index is 0.228. The first kappa shape index (κ1) is 14.5. The lowest BCUT2D eigenvalue weighted by Gasteiger charge is -2.11. The Bertz CT molecular complexity index is 479. The zero-order valence-electron chi connectivity index (χ0n) is 8.04. The molecule has 0 amide bonds. The standard InChI is InChI=1S/C7H2BrF5N2O3/c8-5-3(18-7(11,12)13)1-2(15(16)17)4(14-5)6(9)10/h1,6H. The Balaban J connectivity index is 3.32. The summed E-state index contributed by atoms with van der Waals surface area (Å²) >= 11 is 2.46. The van der Waals surface area contributed by atoms with Crippen LogP contribution in [-0.2, 0) is 0 Å². The fourth-order valence-corrected chi connectivity index (χ4v) is 1.37. The van der Waals surface area contributed by atoms with Crippen LogP contribution >= 0.6 is 15.9 Å². The molecule has 0 fully saturated rings. The van der Waals surface area contributed by atoms with Crippen molar-refractivity contribution in [3.8, 4) is 5.75 Å². The monoisotopic (exact) mass is 336 g/mol. The second-order valence-corrected chi connectivity index (χ2v) is 3.54. The van der Waals surface area contributed by atoms with Crippen molar-refractivity contribution in [2.75, 3.05) is 0 Å². The molecular weight excluding hydrogens is 335 g/mol. The highest BCUT2D eigenvalue weighted by molar-refractivity contribution is 9.10. The number of alkyl halides is 5. The maximum atomic E-state index is 12.4. The van der Waals surface area contributed by atoms with Crippen molar-refractivity contribution in [3.05, 3.63) is 26.5 Å². The fraction of sp³-hybridized carbons (Fsp3) is 0.286. The molecule has 0 unspecified atom stereocenters. The van der Waals surface area contributed by atoms with E-state index in [2.05, 4.69) is 25.7 Å². The molecule has 18 heavy (non-hydrogen) atoms. The van der Waals surface area contributed by atoms with Crippen LogP contribution in [0.1, 0.15) is 12.1 Å². The number of nitro groups is 1. The molecule has 0 N–H and O–H groups in total. The molecule has 1 heterocycles. The van der Waals surface area contributed by atoms with Crippen molar-refractivity contribution in [1.82, 2.24) is 4.98 Å². The van der Waals surface area contributed by atoms with Gasteiger partial charge in [0.05, 0.1) is 11.0 Å². The van der Waals surface area contributed by atoms with Crippen molar-refractivity contribution in [1.29, 1.82) is 0 Å². The van der Waals surface area contributed by atoms with Gasteiger partial charge in [0.15, 0.2) is 11.4 Å². The fourth-order valence-electron chi connectivity index (χ4n) is 0.979. The van der Waals surface area contributed by atoms with E-state index in [-0.39, 0.29) is 6.07 Å². The summed E-state index contributed by atoms with van der Waals surface area (Å²) in [6, 6.07) is 0.228. The summed E-state index contributed by atoms with van der Waals surface area (Å²) in [7, 11) is 0. The SMILES string of the molecule is O=[N+]([O-])c1cc(OC(F)(F)F)c(Br)nc1C(F)F. The van der Waals surface area contributed by atoms with E-state index in [1.807, 2.05) is 0 Å². The molecule has 1 aromatic heterocycles. The van der Waals surface area contributed by atoms with E-state index in [4.69, 9.17) is 0 Å². The Morgan fingerprint density at radius 1 is 1.44 bits per heavy atom. The van der Waals surface area contributed by atoms with Crippen LogP contribution in [0.2, 0.25) is 0 Å². The number of hydrogen-bond acceptors (Lipinski definition) is 4. The quantitative estimate of drug-likeness (QED) is 0.366. The molecule has 0 spiro atoms. The summed E-state index contributed by atoms with van der Waals surface area (Å²) in [6.45, 7) is 0. The number of aromatic nitrogens is 1. The number of pyridine rings is 1. The Kier molecular flexibility index (Phi) is 4.04. The topological polar surface area (TPSA) is 65.3 Å². The van der Waals surface area contributed by atoms with Crippen molar-refractivity contribution >= 4 is 21.6 Å². The summed E-state index contributed by atoms with van der Waals surface area (Å²) in [5, 5.41) is 10.4. The summed E-state index contributed by atoms with van der Waals surface area (Å²) in [5.74, 6) is -1.07. The maximum absolute atomic E-state index is 12.4. The molecule has 0 atom stereocenters. The predicted molar refractivity (Wildman–Crippen MR) is 50.2 cm³/mol. The number of hydrogen-bond donors (Lipinski definition) is 0. The van der Waals surface area contributed by atoms with Crippen molar-refractivity contribution in [2.45, 2.75) is 12.8 Å². The van der Waals surface area contributed by atoms with Gasteiger partial charge in [-0.05, 0) is 15.9 Å². The van der Waals surface area contributed by atoms with Crippen LogP contribution in [0.3, 0.4) is 0 Å². The van der Waals surface area contributed by atoms with Gasteiger partial charge in [0, 0.05) is 0 Å². The van der Waals surface area contributed by atoms with E-state index in [1.165, 1.54) is 0 Å². The highest BCUT2D eigenvalue weighted by Crippen LogP contribution is 2.36. The van der Waals surface area contributed by atoms with Crippen LogP contribution in [-0.4, -0.2) is 16.3 Å². The smallest absolute Gasteiger partial charge is 0.403 e. The van der Waals surface area contributed by atoms with E-state index < -0.39 is 39.4 Å². The van der Waals surface area contributed by atoms with Crippen LogP contribution in [0.4, 0.5) is 27.6 Å². The Hall–Kier alpha value is -1.52. The molecule has 0 bridgehead atoms.